The number of carbonyl (C=O) groups excluding carboxylic acids is 1. The number of nitrogens with zero attached hydrogens (tertiary/aromatic N) is 3. The van der Waals surface area contributed by atoms with E-state index in [4.69, 9.17) is 10.00 Å². The highest BCUT2D eigenvalue weighted by Crippen LogP contribution is 2.22. The van der Waals surface area contributed by atoms with E-state index in [1.165, 1.54) is 9.36 Å². The van der Waals surface area contributed by atoms with Crippen molar-refractivity contribution in [3.63, 3.8) is 0 Å². The summed E-state index contributed by atoms with van der Waals surface area (Å²) in [6, 6.07) is 7.87. The van der Waals surface area contributed by atoms with Crippen LogP contribution in [0.5, 0.6) is 0 Å². The van der Waals surface area contributed by atoms with Gasteiger partial charge in [-0.15, -0.1) is 0 Å². The molecule has 0 aliphatic rings. The number of benzene rings is 1. The van der Waals surface area contributed by atoms with Gasteiger partial charge >= 0.3 is 5.97 Å². The molecule has 0 saturated carbocycles. The fourth-order valence-electron chi connectivity index (χ4n) is 1.90. The van der Waals surface area contributed by atoms with E-state index in [1.54, 1.807) is 13.1 Å². The van der Waals surface area contributed by atoms with E-state index in [9.17, 15) is 4.79 Å². The van der Waals surface area contributed by atoms with E-state index in [0.29, 0.717) is 6.61 Å². The second-order valence-electron chi connectivity index (χ2n) is 4.20. The lowest BCUT2D eigenvalue weighted by molar-refractivity contribution is -0.144. The van der Waals surface area contributed by atoms with Crippen molar-refractivity contribution in [1.82, 2.24) is 9.36 Å². The lowest BCUT2D eigenvalue weighted by Crippen LogP contribution is -2.25. The van der Waals surface area contributed by atoms with Crippen LogP contribution < -0.4 is 0 Å². The summed E-state index contributed by atoms with van der Waals surface area (Å²) in [5.74, 6) is -0.345. The van der Waals surface area contributed by atoms with Crippen LogP contribution in [0, 0.1) is 18.4 Å². The number of aryl methyl sites for hydroxylation is 1. The van der Waals surface area contributed by atoms with Gasteiger partial charge in [-0.3, -0.25) is 9.48 Å². The first kappa shape index (κ1) is 13.0. The lowest BCUT2D eigenvalue weighted by atomic mass is 10.1. The molecule has 0 aliphatic heterocycles. The zero-order valence-electron chi connectivity index (χ0n) is 11.0. The molecule has 0 radical (unpaired) electrons. The third kappa shape index (κ3) is 2.68. The third-order valence-corrected chi connectivity index (χ3v) is 2.76. The predicted molar refractivity (Wildman–Crippen MR) is 70.2 cm³/mol. The second kappa shape index (κ2) is 5.44. The number of rotatable bonds is 4. The SMILES string of the molecule is CCOC(=O)Cn1cc(-c2cccc(C)c2)n1C#N. The summed E-state index contributed by atoms with van der Waals surface area (Å²) < 4.78 is 7.79. The van der Waals surface area contributed by atoms with Gasteiger partial charge in [-0.1, -0.05) is 23.8 Å². The van der Waals surface area contributed by atoms with Gasteiger partial charge in [0.05, 0.1) is 18.5 Å². The molecular formula is C14H15N3O2. The molecule has 1 aromatic heterocycles. The topological polar surface area (TPSA) is 59.9 Å². The van der Waals surface area contributed by atoms with E-state index in [0.717, 1.165) is 16.8 Å². The van der Waals surface area contributed by atoms with Crippen LogP contribution >= 0.6 is 0 Å². The quantitative estimate of drug-likeness (QED) is 0.788. The minimum atomic E-state index is -0.345. The van der Waals surface area contributed by atoms with Gasteiger partial charge in [0.1, 0.15) is 6.54 Å². The Morgan fingerprint density at radius 2 is 2.26 bits per heavy atom. The highest BCUT2D eigenvalue weighted by atomic mass is 16.5. The minimum absolute atomic E-state index is 0.0523. The molecule has 0 unspecified atom stereocenters. The van der Waals surface area contributed by atoms with Crippen LogP contribution in [0.4, 0.5) is 0 Å². The largest absolute Gasteiger partial charge is 0.465 e. The molecule has 0 amide bonds. The third-order valence-electron chi connectivity index (χ3n) is 2.76. The predicted octanol–water partition coefficient (Wildman–Crippen LogP) is 2.16. The number of ether oxygens (including phenoxy) is 1. The zero-order valence-corrected chi connectivity index (χ0v) is 11.0. The van der Waals surface area contributed by atoms with Crippen LogP contribution in [0.2, 0.25) is 0 Å². The van der Waals surface area contributed by atoms with Gasteiger partial charge in [0.2, 0.25) is 6.19 Å². The summed E-state index contributed by atoms with van der Waals surface area (Å²) >= 11 is 0. The van der Waals surface area contributed by atoms with Gasteiger partial charge in [0.25, 0.3) is 0 Å². The number of aromatic nitrogens is 2. The highest BCUT2D eigenvalue weighted by Gasteiger charge is 2.15. The average molecular weight is 257 g/mol. The molecule has 0 bridgehead atoms. The Morgan fingerprint density at radius 1 is 1.47 bits per heavy atom. The number of esters is 1. The van der Waals surface area contributed by atoms with Crippen molar-refractivity contribution in [2.24, 2.45) is 0 Å². The van der Waals surface area contributed by atoms with Crippen molar-refractivity contribution >= 4 is 5.97 Å². The first-order chi connectivity index (χ1) is 9.15. The molecule has 0 aliphatic carbocycles. The van der Waals surface area contributed by atoms with E-state index in [-0.39, 0.29) is 12.5 Å². The Morgan fingerprint density at radius 3 is 2.89 bits per heavy atom. The second-order valence-corrected chi connectivity index (χ2v) is 4.20. The highest BCUT2D eigenvalue weighted by molar-refractivity contribution is 5.70. The van der Waals surface area contributed by atoms with Gasteiger partial charge in [-0.25, -0.2) is 0 Å². The number of carbonyl (C=O) groups is 1. The Balaban J connectivity index is 2.22. The maximum atomic E-state index is 11.4. The molecule has 0 fully saturated rings. The van der Waals surface area contributed by atoms with Crippen LogP contribution in [0.25, 0.3) is 11.3 Å². The normalized spacial score (nSPS) is 10.2. The molecule has 5 nitrogen and oxygen atoms in total. The van der Waals surface area contributed by atoms with E-state index >= 15 is 0 Å². The fourth-order valence-corrected chi connectivity index (χ4v) is 1.90. The number of hydrogen-bond donors (Lipinski definition) is 0. The summed E-state index contributed by atoms with van der Waals surface area (Å²) in [6.45, 7) is 4.14. The molecule has 19 heavy (non-hydrogen) atoms. The lowest BCUT2D eigenvalue weighted by Gasteiger charge is -2.20. The summed E-state index contributed by atoms with van der Waals surface area (Å²) in [7, 11) is 0. The van der Waals surface area contributed by atoms with Crippen LogP contribution in [-0.4, -0.2) is 21.9 Å². The van der Waals surface area contributed by atoms with Gasteiger partial charge in [-0.05, 0) is 19.9 Å². The zero-order chi connectivity index (χ0) is 13.8. The molecule has 2 rings (SSSR count). The number of nitriles is 1. The first-order valence-electron chi connectivity index (χ1n) is 6.06. The van der Waals surface area contributed by atoms with Gasteiger partial charge in [0.15, 0.2) is 0 Å². The Labute approximate surface area is 111 Å². The molecule has 0 saturated heterocycles. The molecule has 0 spiro atoms. The fraction of sp³-hybridized carbons (Fsp3) is 0.286. The summed E-state index contributed by atoms with van der Waals surface area (Å²) in [6.07, 6.45) is 3.82. The molecule has 1 heterocycles. The molecular weight excluding hydrogens is 242 g/mol. The Hall–Kier alpha value is -2.48. The summed E-state index contributed by atoms with van der Waals surface area (Å²) in [4.78, 5) is 11.4. The van der Waals surface area contributed by atoms with Crippen LogP contribution in [0.15, 0.2) is 30.5 Å². The molecule has 2 aromatic rings. The number of hydrogen-bond acceptors (Lipinski definition) is 3. The monoisotopic (exact) mass is 257 g/mol. The maximum absolute atomic E-state index is 11.4. The maximum Gasteiger partial charge on any atom is 0.327 e. The van der Waals surface area contributed by atoms with Gasteiger partial charge in [0, 0.05) is 5.56 Å². The van der Waals surface area contributed by atoms with E-state index in [1.807, 2.05) is 31.2 Å². The summed E-state index contributed by atoms with van der Waals surface area (Å²) in [5.41, 5.74) is 2.87. The molecule has 5 heteroatoms. The Bertz CT molecular complexity index is 631. The Kier molecular flexibility index (Phi) is 3.71. The molecule has 98 valence electrons. The molecule has 0 N–H and O–H groups in total. The standard InChI is InChI=1S/C14H15N3O2/c1-3-19-14(18)9-16-8-13(17(16)10-15)12-6-4-5-11(2)7-12/h4-8H,3,9H2,1-2H3. The van der Waals surface area contributed by atoms with Crippen molar-refractivity contribution < 1.29 is 9.53 Å². The van der Waals surface area contributed by atoms with Gasteiger partial charge in [-0.2, -0.15) is 9.94 Å². The smallest absolute Gasteiger partial charge is 0.327 e. The van der Waals surface area contributed by atoms with E-state index < -0.39 is 0 Å². The first-order valence-corrected chi connectivity index (χ1v) is 6.06. The molecule has 0 atom stereocenters. The van der Waals surface area contributed by atoms with Crippen LogP contribution in [0.1, 0.15) is 12.5 Å². The minimum Gasteiger partial charge on any atom is -0.465 e. The van der Waals surface area contributed by atoms with Crippen molar-refractivity contribution in [3.8, 4) is 17.5 Å². The van der Waals surface area contributed by atoms with Crippen molar-refractivity contribution in [2.45, 2.75) is 20.4 Å². The van der Waals surface area contributed by atoms with Crippen molar-refractivity contribution in [2.75, 3.05) is 6.61 Å². The van der Waals surface area contributed by atoms with Crippen LogP contribution in [-0.2, 0) is 16.1 Å². The molecule has 1 aromatic carbocycles. The van der Waals surface area contributed by atoms with Gasteiger partial charge < -0.3 is 4.74 Å². The van der Waals surface area contributed by atoms with Crippen LogP contribution in [0.3, 0.4) is 0 Å². The van der Waals surface area contributed by atoms with Crippen molar-refractivity contribution in [3.05, 3.63) is 36.0 Å². The summed E-state index contributed by atoms with van der Waals surface area (Å²) in [5, 5.41) is 9.14. The van der Waals surface area contributed by atoms with E-state index in [2.05, 4.69) is 6.19 Å². The van der Waals surface area contributed by atoms with Crippen molar-refractivity contribution in [1.29, 1.82) is 5.26 Å². The average Bonchev–Trinajstić information content (AvgIpc) is 2.35.